The Kier molecular flexibility index (Phi) is 6.61. The molecule has 3 heteroatoms. The summed E-state index contributed by atoms with van der Waals surface area (Å²) in [6, 6.07) is 8.24. The highest BCUT2D eigenvalue weighted by Crippen LogP contribution is 2.12. The molecule has 0 saturated heterocycles. The first-order valence-electron chi connectivity index (χ1n) is 5.94. The van der Waals surface area contributed by atoms with E-state index >= 15 is 0 Å². The fourth-order valence-corrected chi connectivity index (χ4v) is 1.53. The van der Waals surface area contributed by atoms with E-state index in [0.29, 0.717) is 0 Å². The first-order chi connectivity index (χ1) is 7.86. The minimum absolute atomic E-state index is 0.721. The summed E-state index contributed by atoms with van der Waals surface area (Å²) in [6.07, 6.45) is 1.15. The molecule has 1 aromatic rings. The van der Waals surface area contributed by atoms with Gasteiger partial charge >= 0.3 is 0 Å². The maximum absolute atomic E-state index is 5.45. The zero-order valence-corrected chi connectivity index (χ0v) is 10.3. The Morgan fingerprint density at radius 1 is 1.25 bits per heavy atom. The van der Waals surface area contributed by atoms with Crippen LogP contribution in [0.2, 0.25) is 0 Å². The Hall–Kier alpha value is -1.06. The van der Waals surface area contributed by atoms with Crippen molar-refractivity contribution >= 4 is 0 Å². The Labute approximate surface area is 98.2 Å². The van der Waals surface area contributed by atoms with Crippen LogP contribution in [0.5, 0.6) is 5.75 Å². The van der Waals surface area contributed by atoms with Crippen LogP contribution in [0.25, 0.3) is 0 Å². The second-order valence-electron chi connectivity index (χ2n) is 3.71. The van der Waals surface area contributed by atoms with Crippen molar-refractivity contribution in [3.05, 3.63) is 29.8 Å². The first kappa shape index (κ1) is 13.0. The molecule has 1 rings (SSSR count). The average molecular weight is 222 g/mol. The van der Waals surface area contributed by atoms with Crippen LogP contribution < -0.4 is 15.4 Å². The molecule has 0 fully saturated rings. The number of benzene rings is 1. The zero-order valence-electron chi connectivity index (χ0n) is 10.3. The van der Waals surface area contributed by atoms with Gasteiger partial charge in [-0.3, -0.25) is 0 Å². The van der Waals surface area contributed by atoms with Gasteiger partial charge in [0.1, 0.15) is 5.75 Å². The molecule has 0 aliphatic carbocycles. The minimum atomic E-state index is 0.721. The second-order valence-corrected chi connectivity index (χ2v) is 3.71. The van der Waals surface area contributed by atoms with Gasteiger partial charge in [0.25, 0.3) is 0 Å². The molecule has 1 aromatic carbocycles. The first-order valence-corrected chi connectivity index (χ1v) is 5.94. The fraction of sp³-hybridized carbons (Fsp3) is 0.538. The lowest BCUT2D eigenvalue weighted by molar-refractivity contribution is 0.340. The largest absolute Gasteiger partial charge is 0.494 e. The molecule has 0 amide bonds. The molecule has 0 unspecified atom stereocenters. The van der Waals surface area contributed by atoms with Gasteiger partial charge in [0, 0.05) is 6.54 Å². The molecule has 0 aliphatic heterocycles. The van der Waals surface area contributed by atoms with Crippen molar-refractivity contribution in [2.24, 2.45) is 0 Å². The monoisotopic (exact) mass is 222 g/mol. The van der Waals surface area contributed by atoms with Gasteiger partial charge in [-0.1, -0.05) is 12.1 Å². The Morgan fingerprint density at radius 2 is 2.12 bits per heavy atom. The van der Waals surface area contributed by atoms with Crippen LogP contribution in [-0.4, -0.2) is 26.7 Å². The van der Waals surface area contributed by atoms with Gasteiger partial charge in [-0.05, 0) is 51.2 Å². The molecule has 90 valence electrons. The molecular formula is C13H22N2O. The van der Waals surface area contributed by atoms with E-state index in [2.05, 4.69) is 22.8 Å². The summed E-state index contributed by atoms with van der Waals surface area (Å²) < 4.78 is 5.45. The van der Waals surface area contributed by atoms with Gasteiger partial charge in [0.15, 0.2) is 0 Å². The van der Waals surface area contributed by atoms with Crippen molar-refractivity contribution in [1.29, 1.82) is 0 Å². The van der Waals surface area contributed by atoms with Crippen LogP contribution in [0, 0.1) is 0 Å². The Bertz CT molecular complexity index is 289. The van der Waals surface area contributed by atoms with E-state index in [0.717, 1.165) is 38.4 Å². The van der Waals surface area contributed by atoms with Crippen molar-refractivity contribution in [3.63, 3.8) is 0 Å². The molecule has 16 heavy (non-hydrogen) atoms. The van der Waals surface area contributed by atoms with Gasteiger partial charge in [0.2, 0.25) is 0 Å². The lowest BCUT2D eigenvalue weighted by Gasteiger charge is -2.07. The molecule has 3 nitrogen and oxygen atoms in total. The highest BCUT2D eigenvalue weighted by molar-refractivity contribution is 5.28. The molecule has 0 aromatic heterocycles. The number of hydrogen-bond acceptors (Lipinski definition) is 3. The maximum Gasteiger partial charge on any atom is 0.119 e. The van der Waals surface area contributed by atoms with E-state index < -0.39 is 0 Å². The third-order valence-corrected chi connectivity index (χ3v) is 2.32. The highest BCUT2D eigenvalue weighted by atomic mass is 16.5. The summed E-state index contributed by atoms with van der Waals surface area (Å²) in [5, 5.41) is 6.54. The normalized spacial score (nSPS) is 10.4. The van der Waals surface area contributed by atoms with E-state index in [4.69, 9.17) is 4.74 Å². The molecule has 0 heterocycles. The fourth-order valence-electron chi connectivity index (χ4n) is 1.53. The topological polar surface area (TPSA) is 33.3 Å². The number of nitrogens with one attached hydrogen (secondary N) is 2. The number of hydrogen-bond donors (Lipinski definition) is 2. The SMILES string of the molecule is CCOc1cccc(CNCCCNC)c1. The van der Waals surface area contributed by atoms with Gasteiger partial charge in [-0.2, -0.15) is 0 Å². The number of rotatable bonds is 8. The van der Waals surface area contributed by atoms with E-state index in [9.17, 15) is 0 Å². The van der Waals surface area contributed by atoms with E-state index in [1.807, 2.05) is 26.1 Å². The van der Waals surface area contributed by atoms with Crippen LogP contribution in [-0.2, 0) is 6.54 Å². The van der Waals surface area contributed by atoms with Crippen LogP contribution in [0.15, 0.2) is 24.3 Å². The molecule has 0 bridgehead atoms. The van der Waals surface area contributed by atoms with E-state index in [1.54, 1.807) is 0 Å². The lowest BCUT2D eigenvalue weighted by atomic mass is 10.2. The van der Waals surface area contributed by atoms with Gasteiger partial charge in [-0.25, -0.2) is 0 Å². The zero-order chi connectivity index (χ0) is 11.6. The Balaban J connectivity index is 2.27. The van der Waals surface area contributed by atoms with Crippen LogP contribution in [0.3, 0.4) is 0 Å². The third kappa shape index (κ3) is 5.14. The third-order valence-electron chi connectivity index (χ3n) is 2.32. The summed E-state index contributed by atoms with van der Waals surface area (Å²) >= 11 is 0. The van der Waals surface area contributed by atoms with Crippen LogP contribution in [0.4, 0.5) is 0 Å². The van der Waals surface area contributed by atoms with Crippen molar-refractivity contribution < 1.29 is 4.74 Å². The van der Waals surface area contributed by atoms with Gasteiger partial charge in [-0.15, -0.1) is 0 Å². The summed E-state index contributed by atoms with van der Waals surface area (Å²) in [6.45, 7) is 5.73. The van der Waals surface area contributed by atoms with Crippen molar-refractivity contribution in [2.75, 3.05) is 26.7 Å². The molecule has 0 aliphatic rings. The molecule has 0 saturated carbocycles. The van der Waals surface area contributed by atoms with E-state index in [1.165, 1.54) is 5.56 Å². The summed E-state index contributed by atoms with van der Waals surface area (Å²) in [5.41, 5.74) is 1.27. The molecular weight excluding hydrogens is 200 g/mol. The predicted molar refractivity (Wildman–Crippen MR) is 67.9 cm³/mol. The van der Waals surface area contributed by atoms with Crippen LogP contribution >= 0.6 is 0 Å². The second kappa shape index (κ2) is 8.13. The smallest absolute Gasteiger partial charge is 0.119 e. The summed E-state index contributed by atoms with van der Waals surface area (Å²) in [5.74, 6) is 0.956. The molecule has 0 radical (unpaired) electrons. The maximum atomic E-state index is 5.45. The average Bonchev–Trinajstić information content (AvgIpc) is 2.30. The van der Waals surface area contributed by atoms with E-state index in [-0.39, 0.29) is 0 Å². The van der Waals surface area contributed by atoms with Crippen LogP contribution in [0.1, 0.15) is 18.9 Å². The predicted octanol–water partition coefficient (Wildman–Crippen LogP) is 1.78. The Morgan fingerprint density at radius 3 is 2.88 bits per heavy atom. The molecule has 0 spiro atoms. The molecule has 0 atom stereocenters. The lowest BCUT2D eigenvalue weighted by Crippen LogP contribution is -2.19. The summed E-state index contributed by atoms with van der Waals surface area (Å²) in [4.78, 5) is 0. The summed E-state index contributed by atoms with van der Waals surface area (Å²) in [7, 11) is 1.98. The molecule has 2 N–H and O–H groups in total. The van der Waals surface area contributed by atoms with Crippen molar-refractivity contribution in [1.82, 2.24) is 10.6 Å². The highest BCUT2D eigenvalue weighted by Gasteiger charge is 1.95. The standard InChI is InChI=1S/C13H22N2O/c1-3-16-13-7-4-6-12(10-13)11-15-9-5-8-14-2/h4,6-7,10,14-15H,3,5,8-9,11H2,1-2H3. The van der Waals surface area contributed by atoms with Gasteiger partial charge in [0.05, 0.1) is 6.61 Å². The van der Waals surface area contributed by atoms with Gasteiger partial charge < -0.3 is 15.4 Å². The van der Waals surface area contributed by atoms with Crippen molar-refractivity contribution in [3.8, 4) is 5.75 Å². The minimum Gasteiger partial charge on any atom is -0.494 e. The van der Waals surface area contributed by atoms with Crippen molar-refractivity contribution in [2.45, 2.75) is 19.9 Å². The quantitative estimate of drug-likeness (QED) is 0.658. The number of ether oxygens (including phenoxy) is 1.